The van der Waals surface area contributed by atoms with E-state index in [1.54, 1.807) is 0 Å². The molecule has 1 unspecified atom stereocenters. The number of nitrogens with one attached hydrogen (secondary N) is 2. The van der Waals surface area contributed by atoms with Gasteiger partial charge in [-0.15, -0.1) is 0 Å². The monoisotopic (exact) mass is 276 g/mol. The van der Waals surface area contributed by atoms with Crippen LogP contribution in [0.2, 0.25) is 0 Å². The van der Waals surface area contributed by atoms with Crippen LogP contribution in [0.4, 0.5) is 0 Å². The van der Waals surface area contributed by atoms with Crippen LogP contribution in [0, 0.1) is 12.8 Å². The van der Waals surface area contributed by atoms with Crippen molar-refractivity contribution in [1.82, 2.24) is 10.6 Å². The van der Waals surface area contributed by atoms with Crippen molar-refractivity contribution >= 4 is 5.91 Å². The highest BCUT2D eigenvalue weighted by Gasteiger charge is 2.21. The van der Waals surface area contributed by atoms with Gasteiger partial charge in [-0.05, 0) is 44.9 Å². The summed E-state index contributed by atoms with van der Waals surface area (Å²) in [4.78, 5) is 11.7. The van der Waals surface area contributed by atoms with Gasteiger partial charge in [-0.1, -0.05) is 17.7 Å². The van der Waals surface area contributed by atoms with Crippen LogP contribution in [-0.4, -0.2) is 32.1 Å². The molecule has 1 aliphatic rings. The lowest BCUT2D eigenvalue weighted by molar-refractivity contribution is -0.124. The predicted octanol–water partition coefficient (Wildman–Crippen LogP) is 1.88. The van der Waals surface area contributed by atoms with E-state index >= 15 is 0 Å². The molecule has 4 nitrogen and oxygen atoms in total. The highest BCUT2D eigenvalue weighted by molar-refractivity contribution is 5.79. The number of hydrogen-bond acceptors (Lipinski definition) is 3. The summed E-state index contributed by atoms with van der Waals surface area (Å²) in [6, 6.07) is 8.07. The minimum atomic E-state index is 0.166. The number of aryl methyl sites for hydroxylation is 1. The first kappa shape index (κ1) is 14.9. The molecule has 2 N–H and O–H groups in total. The van der Waals surface area contributed by atoms with Gasteiger partial charge in [0.15, 0.2) is 0 Å². The molecule has 0 radical (unpaired) electrons. The summed E-state index contributed by atoms with van der Waals surface area (Å²) in [6.45, 7) is 5.29. The van der Waals surface area contributed by atoms with Gasteiger partial charge in [-0.3, -0.25) is 4.79 Å². The van der Waals surface area contributed by atoms with Crippen molar-refractivity contribution in [2.75, 3.05) is 26.2 Å². The second kappa shape index (κ2) is 7.90. The second-order valence-corrected chi connectivity index (χ2v) is 5.35. The van der Waals surface area contributed by atoms with Gasteiger partial charge in [0, 0.05) is 13.1 Å². The Morgan fingerprint density at radius 3 is 2.85 bits per heavy atom. The molecule has 1 atom stereocenters. The third kappa shape index (κ3) is 4.85. The van der Waals surface area contributed by atoms with Gasteiger partial charge in [0.2, 0.25) is 5.91 Å². The summed E-state index contributed by atoms with van der Waals surface area (Å²) in [5, 5.41) is 6.20. The highest BCUT2D eigenvalue weighted by Crippen LogP contribution is 2.11. The Morgan fingerprint density at radius 2 is 2.15 bits per heavy atom. The van der Waals surface area contributed by atoms with Crippen molar-refractivity contribution in [3.63, 3.8) is 0 Å². The lowest BCUT2D eigenvalue weighted by Crippen LogP contribution is -2.32. The van der Waals surface area contributed by atoms with Gasteiger partial charge in [-0.2, -0.15) is 0 Å². The van der Waals surface area contributed by atoms with Gasteiger partial charge in [0.05, 0.1) is 12.5 Å². The zero-order chi connectivity index (χ0) is 14.2. The van der Waals surface area contributed by atoms with Crippen molar-refractivity contribution < 1.29 is 9.53 Å². The fraction of sp³-hybridized carbons (Fsp3) is 0.562. The Balaban J connectivity index is 1.51. The molecule has 1 aliphatic heterocycles. The largest absolute Gasteiger partial charge is 0.494 e. The van der Waals surface area contributed by atoms with E-state index in [0.29, 0.717) is 6.61 Å². The number of carbonyl (C=O) groups excluding carboxylic acids is 1. The van der Waals surface area contributed by atoms with Gasteiger partial charge >= 0.3 is 0 Å². The third-order valence-corrected chi connectivity index (χ3v) is 3.59. The smallest absolute Gasteiger partial charge is 0.224 e. The molecular formula is C16H24N2O2. The average Bonchev–Trinajstić information content (AvgIpc) is 2.98. The molecule has 0 aromatic heterocycles. The summed E-state index contributed by atoms with van der Waals surface area (Å²) in [5.41, 5.74) is 1.24. The SMILES string of the molecule is Cc1ccc(OCCCCNC(=O)C2CCNC2)cc1. The summed E-state index contributed by atoms with van der Waals surface area (Å²) in [6.07, 6.45) is 2.87. The molecule has 2 rings (SSSR count). The maximum atomic E-state index is 11.7. The van der Waals surface area contributed by atoms with Crippen molar-refractivity contribution in [1.29, 1.82) is 0 Å². The minimum absolute atomic E-state index is 0.166. The zero-order valence-electron chi connectivity index (χ0n) is 12.2. The third-order valence-electron chi connectivity index (χ3n) is 3.59. The van der Waals surface area contributed by atoms with Crippen LogP contribution in [0.25, 0.3) is 0 Å². The summed E-state index contributed by atoms with van der Waals surface area (Å²) in [7, 11) is 0. The van der Waals surface area contributed by atoms with Crippen LogP contribution in [0.3, 0.4) is 0 Å². The van der Waals surface area contributed by atoms with Crippen molar-refractivity contribution in [2.24, 2.45) is 5.92 Å². The molecule has 110 valence electrons. The van der Waals surface area contributed by atoms with E-state index < -0.39 is 0 Å². The van der Waals surface area contributed by atoms with Crippen LogP contribution in [0.1, 0.15) is 24.8 Å². The van der Waals surface area contributed by atoms with E-state index in [1.807, 2.05) is 24.3 Å². The molecule has 1 aromatic rings. The maximum Gasteiger partial charge on any atom is 0.224 e. The van der Waals surface area contributed by atoms with E-state index in [-0.39, 0.29) is 11.8 Å². The van der Waals surface area contributed by atoms with Crippen LogP contribution >= 0.6 is 0 Å². The fourth-order valence-electron chi connectivity index (χ4n) is 2.29. The van der Waals surface area contributed by atoms with Gasteiger partial charge in [-0.25, -0.2) is 0 Å². The number of amides is 1. The topological polar surface area (TPSA) is 50.4 Å². The molecule has 0 aliphatic carbocycles. The van der Waals surface area contributed by atoms with Crippen LogP contribution < -0.4 is 15.4 Å². The summed E-state index contributed by atoms with van der Waals surface area (Å²) < 4.78 is 5.65. The molecule has 0 spiro atoms. The lowest BCUT2D eigenvalue weighted by Gasteiger charge is -2.10. The molecule has 20 heavy (non-hydrogen) atoms. The Kier molecular flexibility index (Phi) is 5.87. The highest BCUT2D eigenvalue weighted by atomic mass is 16.5. The number of unbranched alkanes of at least 4 members (excludes halogenated alkanes) is 1. The number of rotatable bonds is 7. The van der Waals surface area contributed by atoms with E-state index in [2.05, 4.69) is 17.6 Å². The van der Waals surface area contributed by atoms with E-state index in [0.717, 1.165) is 44.6 Å². The maximum absolute atomic E-state index is 11.7. The van der Waals surface area contributed by atoms with Gasteiger partial charge in [0.25, 0.3) is 0 Å². The molecule has 1 saturated heterocycles. The summed E-state index contributed by atoms with van der Waals surface area (Å²) in [5.74, 6) is 1.27. The number of carbonyl (C=O) groups is 1. The first-order valence-corrected chi connectivity index (χ1v) is 7.43. The standard InChI is InChI=1S/C16H24N2O2/c1-13-4-6-15(7-5-13)20-11-3-2-9-18-16(19)14-8-10-17-12-14/h4-7,14,17H,2-3,8-12H2,1H3,(H,18,19). The predicted molar refractivity (Wildman–Crippen MR) is 79.9 cm³/mol. The molecule has 4 heteroatoms. The second-order valence-electron chi connectivity index (χ2n) is 5.35. The average molecular weight is 276 g/mol. The Morgan fingerprint density at radius 1 is 1.35 bits per heavy atom. The molecule has 0 saturated carbocycles. The molecule has 1 amide bonds. The van der Waals surface area contributed by atoms with Crippen LogP contribution in [-0.2, 0) is 4.79 Å². The normalized spacial score (nSPS) is 17.9. The van der Waals surface area contributed by atoms with Crippen LogP contribution in [0.5, 0.6) is 5.75 Å². The first-order chi connectivity index (χ1) is 9.75. The van der Waals surface area contributed by atoms with E-state index in [4.69, 9.17) is 4.74 Å². The Labute approximate surface area is 120 Å². The summed E-state index contributed by atoms with van der Waals surface area (Å²) >= 11 is 0. The molecular weight excluding hydrogens is 252 g/mol. The number of hydrogen-bond donors (Lipinski definition) is 2. The number of ether oxygens (including phenoxy) is 1. The van der Waals surface area contributed by atoms with Gasteiger partial charge < -0.3 is 15.4 Å². The van der Waals surface area contributed by atoms with Crippen LogP contribution in [0.15, 0.2) is 24.3 Å². The molecule has 1 aromatic carbocycles. The molecule has 1 heterocycles. The Hall–Kier alpha value is -1.55. The quantitative estimate of drug-likeness (QED) is 0.748. The van der Waals surface area contributed by atoms with Gasteiger partial charge in [0.1, 0.15) is 5.75 Å². The fourth-order valence-corrected chi connectivity index (χ4v) is 2.29. The molecule has 1 fully saturated rings. The molecule has 0 bridgehead atoms. The van der Waals surface area contributed by atoms with E-state index in [1.165, 1.54) is 5.56 Å². The van der Waals surface area contributed by atoms with E-state index in [9.17, 15) is 4.79 Å². The lowest BCUT2D eigenvalue weighted by atomic mass is 10.1. The van der Waals surface area contributed by atoms with Crippen molar-refractivity contribution in [2.45, 2.75) is 26.2 Å². The zero-order valence-corrected chi connectivity index (χ0v) is 12.2. The minimum Gasteiger partial charge on any atom is -0.494 e. The first-order valence-electron chi connectivity index (χ1n) is 7.43. The van der Waals surface area contributed by atoms with Crippen molar-refractivity contribution in [3.05, 3.63) is 29.8 Å². The number of benzene rings is 1. The Bertz CT molecular complexity index is 411. The van der Waals surface area contributed by atoms with Crippen molar-refractivity contribution in [3.8, 4) is 5.75 Å².